The smallest absolute Gasteiger partial charge is 0.416 e. The summed E-state index contributed by atoms with van der Waals surface area (Å²) in [5, 5.41) is 11.1. The van der Waals surface area contributed by atoms with Crippen molar-refractivity contribution in [1.82, 2.24) is 19.8 Å². The lowest BCUT2D eigenvalue weighted by Gasteiger charge is -2.15. The van der Waals surface area contributed by atoms with Crippen LogP contribution in [0.5, 0.6) is 5.75 Å². The van der Waals surface area contributed by atoms with Crippen molar-refractivity contribution in [1.29, 1.82) is 0 Å². The van der Waals surface area contributed by atoms with Crippen LogP contribution in [0, 0.1) is 0 Å². The lowest BCUT2D eigenvalue weighted by Crippen LogP contribution is -2.24. The van der Waals surface area contributed by atoms with E-state index in [4.69, 9.17) is 9.57 Å². The van der Waals surface area contributed by atoms with Crippen LogP contribution in [0.1, 0.15) is 23.6 Å². The summed E-state index contributed by atoms with van der Waals surface area (Å²) in [6.07, 6.45) is -4.66. The van der Waals surface area contributed by atoms with Crippen molar-refractivity contribution in [3.05, 3.63) is 69.6 Å². The van der Waals surface area contributed by atoms with E-state index in [9.17, 15) is 18.0 Å². The highest BCUT2D eigenvalue weighted by molar-refractivity contribution is 5.98. The minimum Gasteiger partial charge on any atom is -0.497 e. The van der Waals surface area contributed by atoms with E-state index in [1.165, 1.54) is 26.3 Å². The minimum atomic E-state index is -4.66. The Morgan fingerprint density at radius 3 is 2.53 bits per heavy atom. The van der Waals surface area contributed by atoms with Crippen molar-refractivity contribution >= 4 is 5.71 Å². The fourth-order valence-electron chi connectivity index (χ4n) is 2.75. The molecule has 0 bridgehead atoms. The second-order valence-electron chi connectivity index (χ2n) is 6.28. The molecule has 1 aromatic heterocycles. The average molecular weight is 421 g/mol. The Hall–Kier alpha value is -3.63. The molecule has 0 unspecified atom stereocenters. The number of hydrogen-bond donors (Lipinski definition) is 0. The predicted octanol–water partition coefficient (Wildman–Crippen LogP) is 2.93. The molecule has 0 saturated carbocycles. The molecule has 3 aromatic rings. The zero-order valence-corrected chi connectivity index (χ0v) is 16.3. The second kappa shape index (κ2) is 8.39. The van der Waals surface area contributed by atoms with E-state index in [2.05, 4.69) is 15.6 Å². The van der Waals surface area contributed by atoms with Gasteiger partial charge in [0, 0.05) is 18.2 Å². The number of alkyl halides is 3. The first-order chi connectivity index (χ1) is 14.2. The molecule has 0 aliphatic heterocycles. The third-order valence-corrected chi connectivity index (χ3v) is 4.30. The number of aryl methyl sites for hydroxylation is 1. The van der Waals surface area contributed by atoms with Crippen LogP contribution in [-0.2, 0) is 24.7 Å². The van der Waals surface area contributed by atoms with Crippen LogP contribution in [0.4, 0.5) is 13.2 Å². The molecule has 0 amide bonds. The van der Waals surface area contributed by atoms with Crippen LogP contribution < -0.4 is 10.4 Å². The average Bonchev–Trinajstić information content (AvgIpc) is 3.05. The van der Waals surface area contributed by atoms with E-state index in [-0.39, 0.29) is 11.3 Å². The van der Waals surface area contributed by atoms with Gasteiger partial charge in [-0.3, -0.25) is 0 Å². The van der Waals surface area contributed by atoms with Gasteiger partial charge in [0.1, 0.15) is 12.4 Å². The van der Waals surface area contributed by atoms with Crippen molar-refractivity contribution in [3.63, 3.8) is 0 Å². The van der Waals surface area contributed by atoms with Gasteiger partial charge in [-0.1, -0.05) is 23.4 Å². The first-order valence-electron chi connectivity index (χ1n) is 8.72. The normalized spacial score (nSPS) is 12.1. The predicted molar refractivity (Wildman–Crippen MR) is 102 cm³/mol. The van der Waals surface area contributed by atoms with Crippen LogP contribution >= 0.6 is 0 Å². The fourth-order valence-corrected chi connectivity index (χ4v) is 2.75. The fraction of sp³-hybridized carbons (Fsp3) is 0.263. The minimum absolute atomic E-state index is 0.0860. The third kappa shape index (κ3) is 4.34. The lowest BCUT2D eigenvalue weighted by molar-refractivity contribution is -0.138. The molecule has 0 atom stereocenters. The largest absolute Gasteiger partial charge is 0.497 e. The number of methoxy groups -OCH3 is 1. The van der Waals surface area contributed by atoms with Gasteiger partial charge in [-0.05, 0) is 41.6 Å². The van der Waals surface area contributed by atoms with Crippen molar-refractivity contribution < 1.29 is 22.7 Å². The number of tetrazole rings is 1. The molecule has 0 saturated heterocycles. The van der Waals surface area contributed by atoms with Crippen molar-refractivity contribution in [2.45, 2.75) is 19.7 Å². The molecular formula is C19H18F3N5O3. The number of ether oxygens (including phenoxy) is 1. The number of nitrogens with zero attached hydrogens (tertiary/aromatic N) is 5. The van der Waals surface area contributed by atoms with Gasteiger partial charge in [-0.25, -0.2) is 4.79 Å². The summed E-state index contributed by atoms with van der Waals surface area (Å²) in [5.41, 5.74) is -0.884. The molecule has 3 rings (SSSR count). The summed E-state index contributed by atoms with van der Waals surface area (Å²) >= 11 is 0. The van der Waals surface area contributed by atoms with E-state index in [1.807, 2.05) is 0 Å². The Kier molecular flexibility index (Phi) is 5.90. The first kappa shape index (κ1) is 21.1. The molecule has 0 spiro atoms. The van der Waals surface area contributed by atoms with E-state index in [1.54, 1.807) is 31.2 Å². The van der Waals surface area contributed by atoms with Crippen molar-refractivity contribution in [2.75, 3.05) is 7.11 Å². The van der Waals surface area contributed by atoms with E-state index < -0.39 is 24.0 Å². The molecule has 0 aliphatic carbocycles. The zero-order chi connectivity index (χ0) is 21.9. The summed E-state index contributed by atoms with van der Waals surface area (Å²) in [6, 6.07) is 10.4. The highest BCUT2D eigenvalue weighted by Crippen LogP contribution is 2.34. The second-order valence-corrected chi connectivity index (χ2v) is 6.28. The van der Waals surface area contributed by atoms with E-state index in [0.29, 0.717) is 17.0 Å². The van der Waals surface area contributed by atoms with Crippen molar-refractivity contribution in [2.24, 2.45) is 12.2 Å². The van der Waals surface area contributed by atoms with Gasteiger partial charge in [-0.2, -0.15) is 22.5 Å². The van der Waals surface area contributed by atoms with E-state index in [0.717, 1.165) is 15.4 Å². The molecule has 0 radical (unpaired) electrons. The standard InChI is InChI=1S/C19H18F3N5O3/c1-12(13-6-4-7-14(10-13)29-3)23-30-11-15-16(19(20,21)22)8-5-9-17(15)27-18(28)26(2)24-25-27/h4-10H,11H2,1-3H3. The molecule has 30 heavy (non-hydrogen) atoms. The summed E-state index contributed by atoms with van der Waals surface area (Å²) in [5.74, 6) is 0.605. The quantitative estimate of drug-likeness (QED) is 0.452. The Balaban J connectivity index is 1.96. The molecule has 11 heteroatoms. The Labute approximate surface area is 169 Å². The SMILES string of the molecule is COc1cccc(C(C)=NOCc2c(-n3nnn(C)c3=O)cccc2C(F)(F)F)c1. The molecule has 8 nitrogen and oxygen atoms in total. The summed E-state index contributed by atoms with van der Waals surface area (Å²) in [7, 11) is 2.86. The summed E-state index contributed by atoms with van der Waals surface area (Å²) in [4.78, 5) is 17.4. The summed E-state index contributed by atoms with van der Waals surface area (Å²) < 4.78 is 47.5. The number of rotatable bonds is 6. The van der Waals surface area contributed by atoms with Crippen LogP contribution in [0.15, 0.2) is 52.4 Å². The van der Waals surface area contributed by atoms with E-state index >= 15 is 0 Å². The lowest BCUT2D eigenvalue weighted by atomic mass is 10.1. The van der Waals surface area contributed by atoms with Crippen LogP contribution in [0.3, 0.4) is 0 Å². The van der Waals surface area contributed by atoms with Gasteiger partial charge < -0.3 is 9.57 Å². The number of oxime groups is 1. The molecule has 0 N–H and O–H groups in total. The Morgan fingerprint density at radius 1 is 1.17 bits per heavy atom. The maximum absolute atomic E-state index is 13.6. The van der Waals surface area contributed by atoms with Gasteiger partial charge in [-0.15, -0.1) is 0 Å². The Bertz CT molecular complexity index is 1130. The Morgan fingerprint density at radius 2 is 1.90 bits per heavy atom. The molecule has 158 valence electrons. The first-order valence-corrected chi connectivity index (χ1v) is 8.72. The maximum atomic E-state index is 13.6. The van der Waals surface area contributed by atoms with Crippen LogP contribution in [0.2, 0.25) is 0 Å². The maximum Gasteiger partial charge on any atom is 0.416 e. The molecule has 0 fully saturated rings. The third-order valence-electron chi connectivity index (χ3n) is 4.30. The highest BCUT2D eigenvalue weighted by Gasteiger charge is 2.35. The monoisotopic (exact) mass is 421 g/mol. The molecule has 1 heterocycles. The number of hydrogen-bond acceptors (Lipinski definition) is 6. The van der Waals surface area contributed by atoms with Gasteiger partial charge in [0.2, 0.25) is 0 Å². The van der Waals surface area contributed by atoms with Gasteiger partial charge in [0.15, 0.2) is 0 Å². The van der Waals surface area contributed by atoms with Gasteiger partial charge in [0.25, 0.3) is 0 Å². The number of halogens is 3. The molecular weight excluding hydrogens is 403 g/mol. The zero-order valence-electron chi connectivity index (χ0n) is 16.3. The number of aromatic nitrogens is 4. The molecule has 0 aliphatic rings. The van der Waals surface area contributed by atoms with Crippen LogP contribution in [0.25, 0.3) is 5.69 Å². The molecule has 2 aromatic carbocycles. The highest BCUT2D eigenvalue weighted by atomic mass is 19.4. The topological polar surface area (TPSA) is 83.5 Å². The van der Waals surface area contributed by atoms with Gasteiger partial charge >= 0.3 is 11.9 Å². The summed E-state index contributed by atoms with van der Waals surface area (Å²) in [6.45, 7) is 1.12. The number of benzene rings is 2. The van der Waals surface area contributed by atoms with Crippen molar-refractivity contribution in [3.8, 4) is 11.4 Å². The van der Waals surface area contributed by atoms with Crippen LogP contribution in [-0.4, -0.2) is 32.6 Å². The van der Waals surface area contributed by atoms with Gasteiger partial charge in [0.05, 0.1) is 24.1 Å².